The average Bonchev–Trinajstić information content (AvgIpc) is 3.20. The molecule has 25 heavy (non-hydrogen) atoms. The van der Waals surface area contributed by atoms with E-state index in [1.54, 1.807) is 0 Å². The molecule has 0 radical (unpaired) electrons. The summed E-state index contributed by atoms with van der Waals surface area (Å²) in [5.74, 6) is 0.763. The van der Waals surface area contributed by atoms with Gasteiger partial charge < -0.3 is 14.6 Å². The Bertz CT molecular complexity index is 763. The molecule has 2 aliphatic heterocycles. The third kappa shape index (κ3) is 3.18. The number of nitrogens with one attached hydrogen (secondary N) is 1. The third-order valence-electron chi connectivity index (χ3n) is 5.78. The normalized spacial score (nSPS) is 25.0. The summed E-state index contributed by atoms with van der Waals surface area (Å²) < 4.78 is 5.47. The molecule has 2 aromatic rings. The van der Waals surface area contributed by atoms with Crippen LogP contribution in [0.1, 0.15) is 18.1 Å². The van der Waals surface area contributed by atoms with Crippen molar-refractivity contribution in [2.75, 3.05) is 39.4 Å². The number of likely N-dealkylation sites (tertiary alicyclic amines) is 1. The van der Waals surface area contributed by atoms with E-state index in [4.69, 9.17) is 4.74 Å². The van der Waals surface area contributed by atoms with Crippen molar-refractivity contribution < 1.29 is 9.53 Å². The van der Waals surface area contributed by atoms with Gasteiger partial charge in [0.15, 0.2) is 0 Å². The Morgan fingerprint density at radius 1 is 1.28 bits per heavy atom. The van der Waals surface area contributed by atoms with Crippen molar-refractivity contribution in [3.05, 3.63) is 35.5 Å². The SMILES string of the molecule is Cc1cccc2[nH]cc(CC(=O)N3C[C@H](C)[C@@H](N4CCOCC4)C3)c12. The highest BCUT2D eigenvalue weighted by Crippen LogP contribution is 2.26. The molecule has 134 valence electrons. The maximum Gasteiger partial charge on any atom is 0.227 e. The quantitative estimate of drug-likeness (QED) is 0.931. The molecular formula is C20H27N3O2. The van der Waals surface area contributed by atoms with Gasteiger partial charge in [-0.25, -0.2) is 0 Å². The summed E-state index contributed by atoms with van der Waals surface area (Å²) in [5.41, 5.74) is 3.45. The summed E-state index contributed by atoms with van der Waals surface area (Å²) in [6.45, 7) is 9.68. The van der Waals surface area contributed by atoms with Crippen molar-refractivity contribution in [2.24, 2.45) is 5.92 Å². The number of carbonyl (C=O) groups excluding carboxylic acids is 1. The molecule has 1 aromatic carbocycles. The maximum absolute atomic E-state index is 12.9. The van der Waals surface area contributed by atoms with Crippen LogP contribution < -0.4 is 0 Å². The van der Waals surface area contributed by atoms with Crippen molar-refractivity contribution in [1.82, 2.24) is 14.8 Å². The average molecular weight is 341 g/mol. The molecule has 1 N–H and O–H groups in total. The number of rotatable bonds is 3. The Labute approximate surface area is 148 Å². The summed E-state index contributed by atoms with van der Waals surface area (Å²) in [6.07, 6.45) is 2.47. The second kappa shape index (κ2) is 6.81. The lowest BCUT2D eigenvalue weighted by atomic mass is 10.0. The van der Waals surface area contributed by atoms with Gasteiger partial charge in [-0.3, -0.25) is 9.69 Å². The smallest absolute Gasteiger partial charge is 0.227 e. The fraction of sp³-hybridized carbons (Fsp3) is 0.550. The lowest BCUT2D eigenvalue weighted by Crippen LogP contribution is -2.47. The minimum Gasteiger partial charge on any atom is -0.379 e. The summed E-state index contributed by atoms with van der Waals surface area (Å²) >= 11 is 0. The number of morpholine rings is 1. The molecule has 2 aliphatic rings. The zero-order valence-corrected chi connectivity index (χ0v) is 15.1. The highest BCUT2D eigenvalue weighted by atomic mass is 16.5. The number of benzene rings is 1. The first-order valence-corrected chi connectivity index (χ1v) is 9.28. The first kappa shape index (κ1) is 16.6. The van der Waals surface area contributed by atoms with Gasteiger partial charge in [-0.1, -0.05) is 19.1 Å². The molecule has 5 nitrogen and oxygen atoms in total. The van der Waals surface area contributed by atoms with Crippen LogP contribution in [0.5, 0.6) is 0 Å². The molecule has 1 aromatic heterocycles. The number of carbonyl (C=O) groups is 1. The van der Waals surface area contributed by atoms with E-state index in [1.165, 1.54) is 10.9 Å². The van der Waals surface area contributed by atoms with Crippen molar-refractivity contribution in [2.45, 2.75) is 26.3 Å². The van der Waals surface area contributed by atoms with Crippen molar-refractivity contribution in [3.8, 4) is 0 Å². The van der Waals surface area contributed by atoms with Crippen LogP contribution in [0.25, 0.3) is 10.9 Å². The van der Waals surface area contributed by atoms with Gasteiger partial charge in [-0.05, 0) is 30.0 Å². The predicted molar refractivity (Wildman–Crippen MR) is 98.7 cm³/mol. The van der Waals surface area contributed by atoms with Crippen LogP contribution >= 0.6 is 0 Å². The molecule has 0 aliphatic carbocycles. The standard InChI is InChI=1S/C20H27N3O2/c1-14-4-3-5-17-20(14)16(11-21-17)10-19(24)23-12-15(2)18(13-23)22-6-8-25-9-7-22/h3-5,11,15,18,21H,6-10,12-13H2,1-2H3/t15-,18-/m0/s1. The zero-order chi connectivity index (χ0) is 17.4. The van der Waals surface area contributed by atoms with Gasteiger partial charge in [-0.2, -0.15) is 0 Å². The first-order valence-electron chi connectivity index (χ1n) is 9.28. The van der Waals surface area contributed by atoms with E-state index in [1.807, 2.05) is 6.20 Å². The summed E-state index contributed by atoms with van der Waals surface area (Å²) in [6, 6.07) is 6.70. The van der Waals surface area contributed by atoms with Crippen molar-refractivity contribution in [1.29, 1.82) is 0 Å². The molecule has 0 saturated carbocycles. The minimum atomic E-state index is 0.242. The molecule has 0 bridgehead atoms. The van der Waals surface area contributed by atoms with Crippen LogP contribution in [-0.2, 0) is 16.0 Å². The largest absolute Gasteiger partial charge is 0.379 e. The van der Waals surface area contributed by atoms with Gasteiger partial charge in [0.1, 0.15) is 0 Å². The van der Waals surface area contributed by atoms with Crippen LogP contribution in [0.3, 0.4) is 0 Å². The fourth-order valence-electron chi connectivity index (χ4n) is 4.40. The van der Waals surface area contributed by atoms with Crippen LogP contribution in [0.2, 0.25) is 0 Å². The summed E-state index contributed by atoms with van der Waals surface area (Å²) in [7, 11) is 0. The van der Waals surface area contributed by atoms with E-state index < -0.39 is 0 Å². The van der Waals surface area contributed by atoms with E-state index in [2.05, 4.69) is 46.8 Å². The topological polar surface area (TPSA) is 48.6 Å². The summed E-state index contributed by atoms with van der Waals surface area (Å²) in [5, 5.41) is 1.20. The number of amides is 1. The van der Waals surface area contributed by atoms with E-state index in [9.17, 15) is 4.79 Å². The van der Waals surface area contributed by atoms with Gasteiger partial charge in [-0.15, -0.1) is 0 Å². The number of aryl methyl sites for hydroxylation is 1. The molecule has 2 saturated heterocycles. The van der Waals surface area contributed by atoms with E-state index in [0.29, 0.717) is 18.4 Å². The molecular weight excluding hydrogens is 314 g/mol. The van der Waals surface area contributed by atoms with E-state index >= 15 is 0 Å². The van der Waals surface area contributed by atoms with Crippen LogP contribution in [0, 0.1) is 12.8 Å². The number of aromatic amines is 1. The maximum atomic E-state index is 12.9. The summed E-state index contributed by atoms with van der Waals surface area (Å²) in [4.78, 5) is 20.8. The van der Waals surface area contributed by atoms with Crippen molar-refractivity contribution >= 4 is 16.8 Å². The Morgan fingerprint density at radius 3 is 2.88 bits per heavy atom. The Kier molecular flexibility index (Phi) is 4.52. The first-order chi connectivity index (χ1) is 12.1. The molecule has 3 heterocycles. The second-order valence-corrected chi connectivity index (χ2v) is 7.48. The van der Waals surface area contributed by atoms with Gasteiger partial charge in [0.05, 0.1) is 19.6 Å². The van der Waals surface area contributed by atoms with Gasteiger partial charge >= 0.3 is 0 Å². The molecule has 0 spiro atoms. The van der Waals surface area contributed by atoms with Crippen molar-refractivity contribution in [3.63, 3.8) is 0 Å². The van der Waals surface area contributed by atoms with Gasteiger partial charge in [0.2, 0.25) is 5.91 Å². The highest BCUT2D eigenvalue weighted by Gasteiger charge is 2.36. The highest BCUT2D eigenvalue weighted by molar-refractivity contribution is 5.91. The molecule has 2 atom stereocenters. The Morgan fingerprint density at radius 2 is 2.08 bits per heavy atom. The van der Waals surface area contributed by atoms with E-state index in [0.717, 1.165) is 50.5 Å². The third-order valence-corrected chi connectivity index (χ3v) is 5.78. The van der Waals surface area contributed by atoms with Crippen LogP contribution in [-0.4, -0.2) is 66.1 Å². The lowest BCUT2D eigenvalue weighted by molar-refractivity contribution is -0.129. The number of nitrogens with zero attached hydrogens (tertiary/aromatic N) is 2. The molecule has 5 heteroatoms. The Hall–Kier alpha value is -1.85. The number of aromatic nitrogens is 1. The van der Waals surface area contributed by atoms with Gasteiger partial charge in [0, 0.05) is 49.3 Å². The molecule has 1 amide bonds. The Balaban J connectivity index is 1.46. The monoisotopic (exact) mass is 341 g/mol. The molecule has 0 unspecified atom stereocenters. The zero-order valence-electron chi connectivity index (χ0n) is 15.1. The fourth-order valence-corrected chi connectivity index (χ4v) is 4.40. The van der Waals surface area contributed by atoms with Crippen LogP contribution in [0.4, 0.5) is 0 Å². The second-order valence-electron chi connectivity index (χ2n) is 7.48. The number of hydrogen-bond donors (Lipinski definition) is 1. The van der Waals surface area contributed by atoms with E-state index in [-0.39, 0.29) is 5.91 Å². The number of hydrogen-bond acceptors (Lipinski definition) is 3. The number of H-pyrrole nitrogens is 1. The molecule has 4 rings (SSSR count). The molecule has 2 fully saturated rings. The van der Waals surface area contributed by atoms with Gasteiger partial charge in [0.25, 0.3) is 0 Å². The predicted octanol–water partition coefficient (Wildman–Crippen LogP) is 2.20. The lowest BCUT2D eigenvalue weighted by Gasteiger charge is -2.34. The number of fused-ring (bicyclic) bond motifs is 1. The number of ether oxygens (including phenoxy) is 1. The minimum absolute atomic E-state index is 0.242. The van der Waals surface area contributed by atoms with Crippen LogP contribution in [0.15, 0.2) is 24.4 Å².